The average Bonchev–Trinajstić information content (AvgIpc) is 2.94. The minimum Gasteiger partial charge on any atom is -0.295 e. The lowest BCUT2D eigenvalue weighted by atomic mass is 9.54. The van der Waals surface area contributed by atoms with Crippen molar-refractivity contribution in [1.82, 2.24) is 0 Å². The molecule has 0 radical (unpaired) electrons. The predicted molar refractivity (Wildman–Crippen MR) is 106 cm³/mol. The highest BCUT2D eigenvalue weighted by atomic mass is 19.1. The summed E-state index contributed by atoms with van der Waals surface area (Å²) in [6, 6.07) is 7.24. The Balaban J connectivity index is 1.61. The summed E-state index contributed by atoms with van der Waals surface area (Å²) in [7, 11) is 0. The molecule has 4 aliphatic rings. The van der Waals surface area contributed by atoms with Crippen molar-refractivity contribution in [3.05, 3.63) is 70.6 Å². The van der Waals surface area contributed by atoms with Gasteiger partial charge in [0.25, 0.3) is 0 Å². The zero-order valence-electron chi connectivity index (χ0n) is 16.2. The van der Waals surface area contributed by atoms with Crippen molar-refractivity contribution in [2.45, 2.75) is 57.8 Å². The number of allylic oxidation sites excluding steroid dienone is 6. The van der Waals surface area contributed by atoms with E-state index in [1.807, 2.05) is 12.1 Å². The number of hydrogen-bond donors (Lipinski definition) is 0. The van der Waals surface area contributed by atoms with E-state index in [1.54, 1.807) is 12.1 Å². The van der Waals surface area contributed by atoms with Crippen LogP contribution in [0.25, 0.3) is 0 Å². The van der Waals surface area contributed by atoms with Gasteiger partial charge in [0.05, 0.1) is 0 Å². The van der Waals surface area contributed by atoms with E-state index >= 15 is 0 Å². The van der Waals surface area contributed by atoms with Gasteiger partial charge in [-0.1, -0.05) is 38.1 Å². The van der Waals surface area contributed by atoms with Crippen molar-refractivity contribution in [3.8, 4) is 0 Å². The topological polar surface area (TPSA) is 17.1 Å². The lowest BCUT2D eigenvalue weighted by Crippen LogP contribution is -2.44. The van der Waals surface area contributed by atoms with Gasteiger partial charge in [0.15, 0.2) is 5.78 Å². The Bertz CT molecular complexity index is 920. The third-order valence-electron chi connectivity index (χ3n) is 8.29. The normalized spacial score (nSPS) is 37.6. The zero-order valence-corrected chi connectivity index (χ0v) is 16.2. The summed E-state index contributed by atoms with van der Waals surface area (Å²) in [5, 5.41) is 0. The van der Waals surface area contributed by atoms with E-state index < -0.39 is 0 Å². The van der Waals surface area contributed by atoms with Crippen LogP contribution in [-0.4, -0.2) is 5.78 Å². The zero-order chi connectivity index (χ0) is 18.8. The van der Waals surface area contributed by atoms with Crippen LogP contribution >= 0.6 is 0 Å². The fraction of sp³-hybridized carbons (Fsp3) is 0.480. The molecule has 1 unspecified atom stereocenters. The molecule has 0 saturated heterocycles. The highest BCUT2D eigenvalue weighted by Crippen LogP contribution is 2.64. The van der Waals surface area contributed by atoms with Gasteiger partial charge < -0.3 is 0 Å². The fourth-order valence-corrected chi connectivity index (χ4v) is 6.55. The van der Waals surface area contributed by atoms with Crippen molar-refractivity contribution in [3.63, 3.8) is 0 Å². The molecule has 0 aliphatic heterocycles. The highest BCUT2D eigenvalue weighted by Gasteiger charge is 2.58. The standard InChI is InChI=1S/C25H27FO/c1-24(17-4-3-5-18(26)15-17)13-11-23-22-8-6-16-14-19(27)7-9-20(16)21(22)10-12-25(23,24)2/h3-5,10,12,14-15,22-23H,6-9,11,13H2,1-2H3/t22?,23-,24+,25-/m0/s1. The summed E-state index contributed by atoms with van der Waals surface area (Å²) in [5.74, 6) is 1.33. The number of carbonyl (C=O) groups excluding carboxylic acids is 1. The molecular weight excluding hydrogens is 335 g/mol. The SMILES string of the molecule is C[C@]12C=CC3=C4CCC(=O)C=C4CCC3[C@@H]1CC[C@]2(C)c1cccc(F)c1. The third kappa shape index (κ3) is 2.31. The van der Waals surface area contributed by atoms with E-state index in [-0.39, 0.29) is 22.4 Å². The summed E-state index contributed by atoms with van der Waals surface area (Å²) in [4.78, 5) is 11.8. The minimum absolute atomic E-state index is 0.0366. The van der Waals surface area contributed by atoms with Gasteiger partial charge >= 0.3 is 0 Å². The highest BCUT2D eigenvalue weighted by molar-refractivity contribution is 5.93. The van der Waals surface area contributed by atoms with E-state index in [4.69, 9.17) is 0 Å². The summed E-state index contributed by atoms with van der Waals surface area (Å²) in [6.45, 7) is 4.72. The second kappa shape index (κ2) is 5.77. The first-order chi connectivity index (χ1) is 12.9. The van der Waals surface area contributed by atoms with E-state index in [0.29, 0.717) is 18.3 Å². The first-order valence-corrected chi connectivity index (χ1v) is 10.3. The number of halogens is 1. The largest absolute Gasteiger partial charge is 0.295 e. The number of benzene rings is 1. The Labute approximate surface area is 161 Å². The number of hydrogen-bond acceptors (Lipinski definition) is 1. The Hall–Kier alpha value is -1.96. The van der Waals surface area contributed by atoms with E-state index in [2.05, 4.69) is 32.1 Å². The van der Waals surface area contributed by atoms with Gasteiger partial charge in [-0.25, -0.2) is 4.39 Å². The molecule has 27 heavy (non-hydrogen) atoms. The minimum atomic E-state index is -0.136. The van der Waals surface area contributed by atoms with Crippen molar-refractivity contribution in [2.24, 2.45) is 17.3 Å². The van der Waals surface area contributed by atoms with Crippen LogP contribution in [0.5, 0.6) is 0 Å². The van der Waals surface area contributed by atoms with Crippen molar-refractivity contribution >= 4 is 5.78 Å². The van der Waals surface area contributed by atoms with Gasteiger partial charge in [0.1, 0.15) is 5.82 Å². The van der Waals surface area contributed by atoms with Gasteiger partial charge in [0.2, 0.25) is 0 Å². The Morgan fingerprint density at radius 2 is 1.96 bits per heavy atom. The number of fused-ring (bicyclic) bond motifs is 4. The predicted octanol–water partition coefficient (Wildman–Crippen LogP) is 6.07. The van der Waals surface area contributed by atoms with Gasteiger partial charge in [0, 0.05) is 11.8 Å². The Morgan fingerprint density at radius 3 is 2.78 bits per heavy atom. The van der Waals surface area contributed by atoms with Crippen molar-refractivity contribution in [2.75, 3.05) is 0 Å². The molecule has 1 nitrogen and oxygen atoms in total. The van der Waals surface area contributed by atoms with Crippen molar-refractivity contribution in [1.29, 1.82) is 0 Å². The Morgan fingerprint density at radius 1 is 1.11 bits per heavy atom. The molecule has 0 heterocycles. The second-order valence-electron chi connectivity index (χ2n) is 9.32. The molecule has 0 bridgehead atoms. The summed E-state index contributed by atoms with van der Waals surface area (Å²) in [5.41, 5.74) is 5.37. The maximum atomic E-state index is 14.0. The first kappa shape index (κ1) is 17.2. The van der Waals surface area contributed by atoms with Crippen molar-refractivity contribution < 1.29 is 9.18 Å². The molecule has 4 aliphatic carbocycles. The van der Waals surface area contributed by atoms with Gasteiger partial charge in [-0.3, -0.25) is 4.79 Å². The van der Waals surface area contributed by atoms with Gasteiger partial charge in [-0.05, 0) is 89.8 Å². The molecule has 0 spiro atoms. The summed E-state index contributed by atoms with van der Waals surface area (Å²) < 4.78 is 14.0. The maximum Gasteiger partial charge on any atom is 0.156 e. The molecule has 4 atom stereocenters. The molecule has 140 valence electrons. The van der Waals surface area contributed by atoms with Crippen LogP contribution in [0.15, 0.2) is 59.2 Å². The summed E-state index contributed by atoms with van der Waals surface area (Å²) >= 11 is 0. The fourth-order valence-electron chi connectivity index (χ4n) is 6.55. The van der Waals surface area contributed by atoms with E-state index in [1.165, 1.54) is 23.1 Å². The smallest absolute Gasteiger partial charge is 0.156 e. The first-order valence-electron chi connectivity index (χ1n) is 10.3. The molecule has 0 aromatic heterocycles. The average molecular weight is 362 g/mol. The molecule has 0 amide bonds. The third-order valence-corrected chi connectivity index (χ3v) is 8.29. The molecule has 2 heteroatoms. The molecule has 1 saturated carbocycles. The van der Waals surface area contributed by atoms with Gasteiger partial charge in [-0.15, -0.1) is 0 Å². The maximum absolute atomic E-state index is 14.0. The molecule has 1 aromatic carbocycles. The summed E-state index contributed by atoms with van der Waals surface area (Å²) in [6.07, 6.45) is 12.7. The van der Waals surface area contributed by atoms with Crippen LogP contribution in [0, 0.1) is 23.1 Å². The number of ketones is 1. The lowest BCUT2D eigenvalue weighted by Gasteiger charge is -2.50. The van der Waals surface area contributed by atoms with Crippen LogP contribution < -0.4 is 0 Å². The molecule has 1 fully saturated rings. The van der Waals surface area contributed by atoms with Crippen LogP contribution in [0.2, 0.25) is 0 Å². The lowest BCUT2D eigenvalue weighted by molar-refractivity contribution is -0.114. The van der Waals surface area contributed by atoms with Crippen LogP contribution in [0.1, 0.15) is 57.9 Å². The number of carbonyl (C=O) groups is 1. The molecule has 0 N–H and O–H groups in total. The van der Waals surface area contributed by atoms with Crippen LogP contribution in [0.3, 0.4) is 0 Å². The molecule has 1 aromatic rings. The van der Waals surface area contributed by atoms with Crippen LogP contribution in [0.4, 0.5) is 4.39 Å². The monoisotopic (exact) mass is 362 g/mol. The van der Waals surface area contributed by atoms with Crippen LogP contribution in [-0.2, 0) is 10.2 Å². The quantitative estimate of drug-likeness (QED) is 0.593. The molecular formula is C25H27FO. The van der Waals surface area contributed by atoms with E-state index in [0.717, 1.165) is 31.2 Å². The van der Waals surface area contributed by atoms with E-state index in [9.17, 15) is 9.18 Å². The number of rotatable bonds is 1. The second-order valence-corrected chi connectivity index (χ2v) is 9.32. The van der Waals surface area contributed by atoms with Gasteiger partial charge in [-0.2, -0.15) is 0 Å². The Kier molecular flexibility index (Phi) is 3.67. The molecule has 5 rings (SSSR count).